The number of rotatable bonds is 9. The number of hydrogen-bond donors (Lipinski definition) is 4. The van der Waals surface area contributed by atoms with E-state index >= 15 is 0 Å². The van der Waals surface area contributed by atoms with Gasteiger partial charge in [0.25, 0.3) is 0 Å². The molecule has 0 aromatic heterocycles. The van der Waals surface area contributed by atoms with Crippen molar-refractivity contribution in [2.45, 2.75) is 13.1 Å². The zero-order valence-electron chi connectivity index (χ0n) is 14.5. The molecular formula is C19H25N5S. The molecule has 0 spiro atoms. The van der Waals surface area contributed by atoms with Crippen molar-refractivity contribution in [3.05, 3.63) is 83.9 Å². The van der Waals surface area contributed by atoms with E-state index in [0.29, 0.717) is 11.4 Å². The van der Waals surface area contributed by atoms with Gasteiger partial charge in [-0.25, -0.2) is 4.31 Å². The maximum Gasteiger partial charge on any atom is 0.0485 e. The normalized spacial score (nSPS) is 10.6. The summed E-state index contributed by atoms with van der Waals surface area (Å²) < 4.78 is 2.30. The fourth-order valence-electron chi connectivity index (χ4n) is 2.38. The van der Waals surface area contributed by atoms with Crippen LogP contribution < -0.4 is 22.5 Å². The smallest absolute Gasteiger partial charge is 0.0485 e. The molecule has 25 heavy (non-hydrogen) atoms. The van der Waals surface area contributed by atoms with Gasteiger partial charge in [0.1, 0.15) is 0 Å². The Kier molecular flexibility index (Phi) is 7.09. The predicted molar refractivity (Wildman–Crippen MR) is 108 cm³/mol. The molecule has 6 heteroatoms. The topological polar surface area (TPSA) is 79.3 Å². The van der Waals surface area contributed by atoms with E-state index in [4.69, 9.17) is 11.7 Å². The Morgan fingerprint density at radius 1 is 0.840 bits per heavy atom. The van der Waals surface area contributed by atoms with Gasteiger partial charge < -0.3 is 10.9 Å². The Morgan fingerprint density at radius 3 is 1.48 bits per heavy atom. The molecule has 0 bridgehead atoms. The van der Waals surface area contributed by atoms with Gasteiger partial charge in [-0.2, -0.15) is 0 Å². The molecule has 5 nitrogen and oxygen atoms in total. The first-order valence-corrected chi connectivity index (χ1v) is 9.04. The van der Waals surface area contributed by atoms with Crippen molar-refractivity contribution in [1.29, 1.82) is 0 Å². The molecule has 0 fully saturated rings. The lowest BCUT2D eigenvalue weighted by Crippen LogP contribution is -2.19. The number of nitrogens with two attached hydrogens (primary N) is 2. The number of nitrogens with one attached hydrogen (secondary N) is 2. The highest BCUT2D eigenvalue weighted by Crippen LogP contribution is 2.19. The average Bonchev–Trinajstić information content (AvgIpc) is 2.67. The van der Waals surface area contributed by atoms with Gasteiger partial charge >= 0.3 is 0 Å². The molecular weight excluding hydrogens is 330 g/mol. The Hall–Kier alpha value is -2.25. The maximum atomic E-state index is 5.39. The third-order valence-corrected chi connectivity index (χ3v) is 4.70. The van der Waals surface area contributed by atoms with Gasteiger partial charge in [0, 0.05) is 24.5 Å². The summed E-state index contributed by atoms with van der Waals surface area (Å²) >= 11 is 1.72. The van der Waals surface area contributed by atoms with Gasteiger partial charge in [-0.05, 0) is 28.5 Å². The molecule has 0 aliphatic rings. The maximum absolute atomic E-state index is 5.39. The second-order valence-corrected chi connectivity index (χ2v) is 6.50. The Morgan fingerprint density at radius 2 is 1.20 bits per heavy atom. The van der Waals surface area contributed by atoms with Crippen LogP contribution in [0, 0.1) is 0 Å². The molecule has 2 aromatic carbocycles. The van der Waals surface area contributed by atoms with E-state index < -0.39 is 0 Å². The summed E-state index contributed by atoms with van der Waals surface area (Å²) in [5, 5.41) is 0. The van der Waals surface area contributed by atoms with Crippen molar-refractivity contribution in [2.24, 2.45) is 11.7 Å². The Balaban J connectivity index is 2.00. The summed E-state index contributed by atoms with van der Waals surface area (Å²) in [4.78, 5) is 0. The zero-order valence-corrected chi connectivity index (χ0v) is 15.3. The van der Waals surface area contributed by atoms with Crippen molar-refractivity contribution in [3.8, 4) is 0 Å². The number of hydrazine groups is 2. The van der Waals surface area contributed by atoms with Crippen molar-refractivity contribution in [1.82, 2.24) is 15.2 Å². The second-order valence-electron chi connectivity index (χ2n) is 5.62. The van der Waals surface area contributed by atoms with Crippen LogP contribution in [0.15, 0.2) is 61.7 Å². The highest BCUT2D eigenvalue weighted by atomic mass is 32.2. The second kappa shape index (κ2) is 9.29. The standard InChI is InChI=1S/C19H25N5S/c1-14(22-20)18-8-4-16(5-9-18)12-24(25-3)13-17-6-10-19(11-7-17)15(2)23-21/h4-11,22-23H,1-2,12-13,20-21H2,3H3. The zero-order chi connectivity index (χ0) is 18.2. The summed E-state index contributed by atoms with van der Waals surface area (Å²) in [5.41, 5.74) is 11.0. The lowest BCUT2D eigenvalue weighted by Gasteiger charge is -2.20. The van der Waals surface area contributed by atoms with Crippen LogP contribution in [0.25, 0.3) is 11.4 Å². The largest absolute Gasteiger partial charge is 0.324 e. The molecule has 0 saturated carbocycles. The van der Waals surface area contributed by atoms with Crippen LogP contribution in [0.3, 0.4) is 0 Å². The van der Waals surface area contributed by atoms with Crippen LogP contribution in [-0.4, -0.2) is 10.6 Å². The van der Waals surface area contributed by atoms with Crippen molar-refractivity contribution in [3.63, 3.8) is 0 Å². The predicted octanol–water partition coefficient (Wildman–Crippen LogP) is 2.83. The van der Waals surface area contributed by atoms with Gasteiger partial charge in [0.2, 0.25) is 0 Å². The van der Waals surface area contributed by atoms with Gasteiger partial charge in [0.05, 0.1) is 0 Å². The van der Waals surface area contributed by atoms with Crippen LogP contribution >= 0.6 is 11.9 Å². The quantitative estimate of drug-likeness (QED) is 0.315. The fraction of sp³-hybridized carbons (Fsp3) is 0.158. The lowest BCUT2D eigenvalue weighted by molar-refractivity contribution is 0.464. The Bertz CT molecular complexity index is 648. The first-order chi connectivity index (χ1) is 12.1. The van der Waals surface area contributed by atoms with Gasteiger partial charge in [0.15, 0.2) is 0 Å². The van der Waals surface area contributed by atoms with E-state index in [9.17, 15) is 0 Å². The summed E-state index contributed by atoms with van der Waals surface area (Å²) in [5.74, 6) is 10.8. The van der Waals surface area contributed by atoms with E-state index in [2.05, 4.69) is 58.8 Å². The van der Waals surface area contributed by atoms with E-state index in [1.165, 1.54) is 11.1 Å². The van der Waals surface area contributed by atoms with Crippen molar-refractivity contribution >= 4 is 23.3 Å². The van der Waals surface area contributed by atoms with Gasteiger partial charge in [-0.15, -0.1) is 0 Å². The molecule has 0 amide bonds. The summed E-state index contributed by atoms with van der Waals surface area (Å²) in [6.45, 7) is 9.42. The lowest BCUT2D eigenvalue weighted by atomic mass is 10.1. The summed E-state index contributed by atoms with van der Waals surface area (Å²) in [7, 11) is 0. The minimum absolute atomic E-state index is 0.710. The van der Waals surface area contributed by atoms with Crippen molar-refractivity contribution in [2.75, 3.05) is 6.26 Å². The molecule has 6 N–H and O–H groups in total. The highest BCUT2D eigenvalue weighted by Gasteiger charge is 2.07. The third kappa shape index (κ3) is 5.37. The molecule has 2 aromatic rings. The third-order valence-electron chi connectivity index (χ3n) is 3.93. The monoisotopic (exact) mass is 355 g/mol. The molecule has 2 rings (SSSR count). The molecule has 0 unspecified atom stereocenters. The molecule has 0 radical (unpaired) electrons. The van der Waals surface area contributed by atoms with Crippen molar-refractivity contribution < 1.29 is 0 Å². The van der Waals surface area contributed by atoms with E-state index in [1.807, 2.05) is 24.3 Å². The highest BCUT2D eigenvalue weighted by molar-refractivity contribution is 7.96. The van der Waals surface area contributed by atoms with Crippen LogP contribution in [-0.2, 0) is 13.1 Å². The minimum atomic E-state index is 0.710. The molecule has 0 aliphatic heterocycles. The molecule has 0 heterocycles. The van der Waals surface area contributed by atoms with Crippen LogP contribution in [0.4, 0.5) is 0 Å². The minimum Gasteiger partial charge on any atom is -0.324 e. The number of benzene rings is 2. The van der Waals surface area contributed by atoms with Gasteiger partial charge in [-0.3, -0.25) is 11.7 Å². The first-order valence-electron chi connectivity index (χ1n) is 7.86. The molecule has 132 valence electrons. The molecule has 0 aliphatic carbocycles. The average molecular weight is 356 g/mol. The number of hydrogen-bond acceptors (Lipinski definition) is 6. The Labute approximate surface area is 153 Å². The van der Waals surface area contributed by atoms with E-state index in [1.54, 1.807) is 11.9 Å². The van der Waals surface area contributed by atoms with Crippen LogP contribution in [0.1, 0.15) is 22.3 Å². The number of nitrogens with zero attached hydrogens (tertiary/aromatic N) is 1. The fourth-order valence-corrected chi connectivity index (χ4v) is 2.94. The van der Waals surface area contributed by atoms with Crippen LogP contribution in [0.5, 0.6) is 0 Å². The van der Waals surface area contributed by atoms with E-state index in [0.717, 1.165) is 24.2 Å². The van der Waals surface area contributed by atoms with Crippen LogP contribution in [0.2, 0.25) is 0 Å². The van der Waals surface area contributed by atoms with E-state index in [-0.39, 0.29) is 0 Å². The van der Waals surface area contributed by atoms with Gasteiger partial charge in [-0.1, -0.05) is 73.6 Å². The molecule has 0 saturated heterocycles. The SMILES string of the molecule is C=C(NN)c1ccc(CN(Cc2ccc(C(=C)NN)cc2)SC)cc1. The molecule has 0 atom stereocenters. The first kappa shape index (κ1) is 19.1. The summed E-state index contributed by atoms with van der Waals surface area (Å²) in [6.07, 6.45) is 2.09. The summed E-state index contributed by atoms with van der Waals surface area (Å²) in [6, 6.07) is 16.5.